The van der Waals surface area contributed by atoms with Gasteiger partial charge in [-0.1, -0.05) is 6.92 Å². The first-order valence-corrected chi connectivity index (χ1v) is 7.66. The van der Waals surface area contributed by atoms with E-state index in [2.05, 4.69) is 35.7 Å². The van der Waals surface area contributed by atoms with Crippen LogP contribution in [-0.2, 0) is 6.54 Å². The fourth-order valence-corrected chi connectivity index (χ4v) is 3.15. The fourth-order valence-electron chi connectivity index (χ4n) is 3.15. The third-order valence-electron chi connectivity index (χ3n) is 4.52. The molecule has 4 heteroatoms. The van der Waals surface area contributed by atoms with Crippen molar-refractivity contribution < 1.29 is 0 Å². The van der Waals surface area contributed by atoms with Crippen LogP contribution in [-0.4, -0.2) is 47.5 Å². The second-order valence-electron chi connectivity index (χ2n) is 6.05. The molecule has 1 atom stereocenters. The highest BCUT2D eigenvalue weighted by Gasteiger charge is 2.24. The zero-order chi connectivity index (χ0) is 14.7. The summed E-state index contributed by atoms with van der Waals surface area (Å²) in [6.45, 7) is 10.8. The van der Waals surface area contributed by atoms with Crippen LogP contribution in [0.3, 0.4) is 0 Å². The minimum Gasteiger partial charge on any atom is -0.398 e. The van der Waals surface area contributed by atoms with Gasteiger partial charge < -0.3 is 5.73 Å². The van der Waals surface area contributed by atoms with Crippen molar-refractivity contribution in [2.45, 2.75) is 46.2 Å². The van der Waals surface area contributed by atoms with Gasteiger partial charge in [-0.25, -0.2) is 0 Å². The van der Waals surface area contributed by atoms with Crippen LogP contribution in [0.2, 0.25) is 0 Å². The van der Waals surface area contributed by atoms with Gasteiger partial charge in [-0.15, -0.1) is 0 Å². The molecule has 0 amide bonds. The predicted octanol–water partition coefficient (Wildman–Crippen LogP) is 2.20. The molecular formula is C16H28N4. The maximum atomic E-state index is 6.10. The number of hydrogen-bond donors (Lipinski definition) is 1. The highest BCUT2D eigenvalue weighted by Crippen LogP contribution is 2.21. The quantitative estimate of drug-likeness (QED) is 0.895. The van der Waals surface area contributed by atoms with Crippen LogP contribution < -0.4 is 5.73 Å². The van der Waals surface area contributed by atoms with Gasteiger partial charge in [0.15, 0.2) is 0 Å². The third-order valence-corrected chi connectivity index (χ3v) is 4.52. The number of nitrogen functional groups attached to an aromatic ring is 1. The monoisotopic (exact) mass is 276 g/mol. The molecule has 2 rings (SSSR count). The number of pyridine rings is 1. The number of hydrogen-bond acceptors (Lipinski definition) is 4. The van der Waals surface area contributed by atoms with Gasteiger partial charge in [-0.3, -0.25) is 14.8 Å². The Morgan fingerprint density at radius 2 is 2.20 bits per heavy atom. The Kier molecular flexibility index (Phi) is 5.00. The highest BCUT2D eigenvalue weighted by atomic mass is 15.2. The van der Waals surface area contributed by atoms with Gasteiger partial charge in [0, 0.05) is 31.0 Å². The first-order valence-electron chi connectivity index (χ1n) is 7.66. The predicted molar refractivity (Wildman–Crippen MR) is 84.7 cm³/mol. The molecule has 1 aromatic heterocycles. The van der Waals surface area contributed by atoms with E-state index < -0.39 is 0 Å². The summed E-state index contributed by atoms with van der Waals surface area (Å²) in [6, 6.07) is 0.702. The van der Waals surface area contributed by atoms with Gasteiger partial charge in [-0.05, 0) is 58.0 Å². The first kappa shape index (κ1) is 15.3. The average molecular weight is 276 g/mol. The molecule has 1 aliphatic rings. The number of nitrogens with zero attached hydrogens (tertiary/aromatic N) is 3. The summed E-state index contributed by atoms with van der Waals surface area (Å²) in [4.78, 5) is 9.52. The summed E-state index contributed by atoms with van der Waals surface area (Å²) in [7, 11) is 2.18. The largest absolute Gasteiger partial charge is 0.398 e. The summed E-state index contributed by atoms with van der Waals surface area (Å²) in [5.74, 6) is 0. The van der Waals surface area contributed by atoms with E-state index in [1.165, 1.54) is 19.4 Å². The lowest BCUT2D eigenvalue weighted by Gasteiger charge is -2.28. The van der Waals surface area contributed by atoms with Crippen molar-refractivity contribution in [3.05, 3.63) is 23.0 Å². The molecule has 0 saturated carbocycles. The number of aromatic nitrogens is 1. The molecule has 0 spiro atoms. The lowest BCUT2D eigenvalue weighted by atomic mass is 10.1. The minimum atomic E-state index is 0.702. The van der Waals surface area contributed by atoms with Crippen molar-refractivity contribution in [1.82, 2.24) is 14.8 Å². The molecule has 1 aromatic rings. The van der Waals surface area contributed by atoms with Crippen LogP contribution in [0.4, 0.5) is 5.69 Å². The average Bonchev–Trinajstić information content (AvgIpc) is 2.86. The van der Waals surface area contributed by atoms with Gasteiger partial charge >= 0.3 is 0 Å². The van der Waals surface area contributed by atoms with Crippen molar-refractivity contribution in [3.63, 3.8) is 0 Å². The van der Waals surface area contributed by atoms with Crippen LogP contribution >= 0.6 is 0 Å². The van der Waals surface area contributed by atoms with E-state index in [4.69, 9.17) is 5.73 Å². The molecule has 4 nitrogen and oxygen atoms in total. The Bertz CT molecular complexity index is 458. The molecule has 0 bridgehead atoms. The van der Waals surface area contributed by atoms with Crippen molar-refractivity contribution in [2.24, 2.45) is 0 Å². The number of nitrogens with two attached hydrogens (primary N) is 1. The van der Waals surface area contributed by atoms with Gasteiger partial charge in [0.2, 0.25) is 0 Å². The maximum Gasteiger partial charge on any atom is 0.0593 e. The van der Waals surface area contributed by atoms with Crippen LogP contribution in [0.1, 0.15) is 36.6 Å². The molecule has 2 N–H and O–H groups in total. The third kappa shape index (κ3) is 3.30. The summed E-state index contributed by atoms with van der Waals surface area (Å²) in [5, 5.41) is 0. The number of likely N-dealkylation sites (tertiary alicyclic amines) is 1. The molecular weight excluding hydrogens is 248 g/mol. The Morgan fingerprint density at radius 3 is 2.90 bits per heavy atom. The van der Waals surface area contributed by atoms with Gasteiger partial charge in [0.1, 0.15) is 0 Å². The normalized spacial score (nSPS) is 19.9. The molecule has 0 aromatic carbocycles. The maximum absolute atomic E-state index is 6.10. The Hall–Kier alpha value is -1.13. The number of rotatable bonds is 5. The smallest absolute Gasteiger partial charge is 0.0593 e. The van der Waals surface area contributed by atoms with Crippen molar-refractivity contribution in [1.29, 1.82) is 0 Å². The topological polar surface area (TPSA) is 45.4 Å². The summed E-state index contributed by atoms with van der Waals surface area (Å²) in [6.07, 6.45) is 4.54. The second-order valence-corrected chi connectivity index (χ2v) is 6.05. The van der Waals surface area contributed by atoms with E-state index in [1.807, 2.05) is 13.1 Å². The van der Waals surface area contributed by atoms with E-state index in [9.17, 15) is 0 Å². The molecule has 1 unspecified atom stereocenters. The SMILES string of the molecule is CCN1CCCC1CN(C)Cc1ncc(C)c(N)c1C. The first-order chi connectivity index (χ1) is 9.52. The summed E-state index contributed by atoms with van der Waals surface area (Å²) in [5.41, 5.74) is 10.3. The van der Waals surface area contributed by atoms with Crippen molar-refractivity contribution in [2.75, 3.05) is 32.4 Å². The van der Waals surface area contributed by atoms with Crippen LogP contribution in [0.15, 0.2) is 6.20 Å². The van der Waals surface area contributed by atoms with E-state index >= 15 is 0 Å². The van der Waals surface area contributed by atoms with Crippen molar-refractivity contribution >= 4 is 5.69 Å². The number of anilines is 1. The van der Waals surface area contributed by atoms with E-state index in [1.54, 1.807) is 0 Å². The zero-order valence-electron chi connectivity index (χ0n) is 13.3. The van der Waals surface area contributed by atoms with Gasteiger partial charge in [0.25, 0.3) is 0 Å². The molecule has 112 valence electrons. The highest BCUT2D eigenvalue weighted by molar-refractivity contribution is 5.53. The molecule has 2 heterocycles. The zero-order valence-corrected chi connectivity index (χ0v) is 13.3. The van der Waals surface area contributed by atoms with Gasteiger partial charge in [-0.2, -0.15) is 0 Å². The minimum absolute atomic E-state index is 0.702. The number of likely N-dealkylation sites (N-methyl/N-ethyl adjacent to an activating group) is 2. The molecule has 0 radical (unpaired) electrons. The van der Waals surface area contributed by atoms with E-state index in [-0.39, 0.29) is 0 Å². The molecule has 0 aliphatic carbocycles. The fraction of sp³-hybridized carbons (Fsp3) is 0.688. The Labute approximate surface area is 123 Å². The second kappa shape index (κ2) is 6.55. The standard InChI is InChI=1S/C16H28N4/c1-5-20-8-6-7-14(20)10-19(4)11-15-13(3)16(17)12(2)9-18-15/h9,14H,5-8,10-11H2,1-4H3,(H2,17,18). The molecule has 1 fully saturated rings. The van der Waals surface area contributed by atoms with Crippen molar-refractivity contribution in [3.8, 4) is 0 Å². The van der Waals surface area contributed by atoms with Crippen LogP contribution in [0.25, 0.3) is 0 Å². The lowest BCUT2D eigenvalue weighted by Crippen LogP contribution is -2.38. The Morgan fingerprint density at radius 1 is 1.45 bits per heavy atom. The molecule has 1 saturated heterocycles. The van der Waals surface area contributed by atoms with Crippen LogP contribution in [0, 0.1) is 13.8 Å². The summed E-state index contributed by atoms with van der Waals surface area (Å²) >= 11 is 0. The van der Waals surface area contributed by atoms with Gasteiger partial charge in [0.05, 0.1) is 5.69 Å². The Balaban J connectivity index is 1.98. The van der Waals surface area contributed by atoms with E-state index in [0.717, 1.165) is 42.1 Å². The molecule has 20 heavy (non-hydrogen) atoms. The van der Waals surface area contributed by atoms with E-state index in [0.29, 0.717) is 6.04 Å². The molecule has 1 aliphatic heterocycles. The number of aryl methyl sites for hydroxylation is 1. The summed E-state index contributed by atoms with van der Waals surface area (Å²) < 4.78 is 0. The lowest BCUT2D eigenvalue weighted by molar-refractivity contribution is 0.193. The van der Waals surface area contributed by atoms with Crippen LogP contribution in [0.5, 0.6) is 0 Å².